The molecule has 0 saturated heterocycles. The molecule has 0 N–H and O–H groups in total. The number of halogens is 2. The maximum Gasteiger partial charge on any atom is 0.426 e. The van der Waals surface area contributed by atoms with Crippen LogP contribution >= 0.6 is 0 Å². The lowest BCUT2D eigenvalue weighted by atomic mass is 10.2. The minimum absolute atomic E-state index is 0.0599. The summed E-state index contributed by atoms with van der Waals surface area (Å²) in [5, 5.41) is 10.6. The molecule has 0 unspecified atom stereocenters. The summed E-state index contributed by atoms with van der Waals surface area (Å²) in [6.07, 6.45) is -3.76. The summed E-state index contributed by atoms with van der Waals surface area (Å²) < 4.78 is 58.6. The van der Waals surface area contributed by atoms with E-state index in [9.17, 15) is 27.3 Å². The number of aryl methyl sites for hydroxylation is 1. The zero-order chi connectivity index (χ0) is 21.2. The van der Waals surface area contributed by atoms with Crippen molar-refractivity contribution in [2.24, 2.45) is 0 Å². The lowest BCUT2D eigenvalue weighted by Crippen LogP contribution is -2.22. The largest absolute Gasteiger partial charge is 0.429 e. The predicted octanol–water partition coefficient (Wildman–Crippen LogP) is 4.86. The molecular weight excluding hydrogens is 404 g/mol. The van der Waals surface area contributed by atoms with Crippen molar-refractivity contribution < 1.29 is 26.9 Å². The molecule has 0 aliphatic heterocycles. The third-order valence-electron chi connectivity index (χ3n) is 4.13. The Hall–Kier alpha value is -3.33. The maximum absolute atomic E-state index is 14.4. The highest BCUT2D eigenvalue weighted by molar-refractivity contribution is 7.91. The van der Waals surface area contributed by atoms with Gasteiger partial charge in [-0.3, -0.25) is 10.1 Å². The van der Waals surface area contributed by atoms with E-state index in [4.69, 9.17) is 0 Å². The normalized spacial score (nSPS) is 11.8. The van der Waals surface area contributed by atoms with Crippen LogP contribution in [0, 0.1) is 17.0 Å². The van der Waals surface area contributed by atoms with Gasteiger partial charge in [0, 0.05) is 12.1 Å². The minimum atomic E-state index is -3.84. The number of hydrogen-bond donors (Lipinski definition) is 0. The Morgan fingerprint density at radius 1 is 0.862 bits per heavy atom. The molecule has 3 aromatic rings. The van der Waals surface area contributed by atoms with Gasteiger partial charge in [-0.15, -0.1) is 0 Å². The van der Waals surface area contributed by atoms with Gasteiger partial charge in [0.1, 0.15) is 5.75 Å². The van der Waals surface area contributed by atoms with Gasteiger partial charge < -0.3 is 4.74 Å². The Kier molecular flexibility index (Phi) is 5.34. The summed E-state index contributed by atoms with van der Waals surface area (Å²) in [4.78, 5) is 9.89. The second-order valence-electron chi connectivity index (χ2n) is 6.21. The van der Waals surface area contributed by atoms with Gasteiger partial charge in [-0.05, 0) is 55.5 Å². The zero-order valence-corrected chi connectivity index (χ0v) is 15.9. The molecule has 9 heteroatoms. The Bertz CT molecular complexity index is 1130. The van der Waals surface area contributed by atoms with Gasteiger partial charge in [-0.1, -0.05) is 17.7 Å². The lowest BCUT2D eigenvalue weighted by molar-refractivity contribution is -0.384. The van der Waals surface area contributed by atoms with Crippen molar-refractivity contribution in [3.63, 3.8) is 0 Å². The molecule has 3 rings (SSSR count). The number of sulfone groups is 1. The summed E-state index contributed by atoms with van der Waals surface area (Å²) >= 11 is 0. The van der Waals surface area contributed by atoms with Gasteiger partial charge in [0.05, 0.1) is 20.3 Å². The second-order valence-corrected chi connectivity index (χ2v) is 8.16. The molecule has 6 nitrogen and oxygen atoms in total. The number of alkyl halides is 2. The van der Waals surface area contributed by atoms with Crippen LogP contribution in [0.2, 0.25) is 0 Å². The van der Waals surface area contributed by atoms with E-state index in [1.165, 1.54) is 12.1 Å². The van der Waals surface area contributed by atoms with Gasteiger partial charge >= 0.3 is 6.11 Å². The number of nitro groups is 1. The third-order valence-corrected chi connectivity index (χ3v) is 5.91. The third kappa shape index (κ3) is 4.40. The Labute approximate surface area is 165 Å². The fraction of sp³-hybridized carbons (Fsp3) is 0.100. The first-order valence-corrected chi connectivity index (χ1v) is 9.81. The molecular formula is C20H15F2NO5S. The van der Waals surface area contributed by atoms with E-state index in [2.05, 4.69) is 4.74 Å². The highest BCUT2D eigenvalue weighted by atomic mass is 32.2. The van der Waals surface area contributed by atoms with Gasteiger partial charge in [-0.2, -0.15) is 8.78 Å². The molecule has 0 aliphatic rings. The van der Waals surface area contributed by atoms with Crippen molar-refractivity contribution in [1.82, 2.24) is 0 Å². The van der Waals surface area contributed by atoms with E-state index in [0.29, 0.717) is 0 Å². The number of non-ortho nitro benzene ring substituents is 1. The molecule has 3 aromatic carbocycles. The maximum atomic E-state index is 14.4. The smallest absolute Gasteiger partial charge is 0.426 e. The average molecular weight is 419 g/mol. The fourth-order valence-corrected chi connectivity index (χ4v) is 3.79. The van der Waals surface area contributed by atoms with Gasteiger partial charge in [0.25, 0.3) is 5.69 Å². The summed E-state index contributed by atoms with van der Waals surface area (Å²) in [6.45, 7) is 1.82. The predicted molar refractivity (Wildman–Crippen MR) is 101 cm³/mol. The van der Waals surface area contributed by atoms with Crippen LogP contribution in [0.5, 0.6) is 5.75 Å². The van der Waals surface area contributed by atoms with E-state index < -0.39 is 26.4 Å². The number of ether oxygens (including phenoxy) is 1. The number of hydrogen-bond acceptors (Lipinski definition) is 5. The van der Waals surface area contributed by atoms with Gasteiger partial charge in [0.15, 0.2) is 0 Å². The van der Waals surface area contributed by atoms with Crippen LogP contribution < -0.4 is 4.74 Å². The van der Waals surface area contributed by atoms with Crippen LogP contribution in [0.1, 0.15) is 11.1 Å². The molecule has 0 saturated carbocycles. The van der Waals surface area contributed by atoms with E-state index >= 15 is 0 Å². The van der Waals surface area contributed by atoms with Crippen LogP contribution in [0.4, 0.5) is 14.5 Å². The van der Waals surface area contributed by atoms with Crippen molar-refractivity contribution in [1.29, 1.82) is 0 Å². The summed E-state index contributed by atoms with van der Waals surface area (Å²) in [6, 6.07) is 14.5. The molecule has 0 aromatic heterocycles. The molecule has 0 atom stereocenters. The summed E-state index contributed by atoms with van der Waals surface area (Å²) in [5.41, 5.74) is 0.0763. The number of nitro benzene ring substituents is 1. The first kappa shape index (κ1) is 20.4. The van der Waals surface area contributed by atoms with Crippen molar-refractivity contribution in [3.8, 4) is 5.75 Å². The Balaban J connectivity index is 1.82. The van der Waals surface area contributed by atoms with E-state index in [1.807, 2.05) is 6.92 Å². The van der Waals surface area contributed by atoms with Crippen molar-refractivity contribution >= 4 is 15.5 Å². The standard InChI is InChI=1S/C20H15F2NO5S/c1-14-2-10-18(11-3-14)29(26,27)19-12-4-15(5-13-19)20(21,22)28-17-8-6-16(7-9-17)23(24)25/h2-13H,1H3. The quantitative estimate of drug-likeness (QED) is 0.420. The van der Waals surface area contributed by atoms with Crippen LogP contribution in [0.15, 0.2) is 82.6 Å². The molecule has 0 radical (unpaired) electrons. The fourth-order valence-electron chi connectivity index (χ4n) is 2.52. The van der Waals surface area contributed by atoms with Crippen LogP contribution in [0.3, 0.4) is 0 Å². The van der Waals surface area contributed by atoms with E-state index in [0.717, 1.165) is 54.1 Å². The monoisotopic (exact) mass is 419 g/mol. The highest BCUT2D eigenvalue weighted by Crippen LogP contribution is 2.33. The zero-order valence-electron chi connectivity index (χ0n) is 15.1. The average Bonchev–Trinajstić information content (AvgIpc) is 2.68. The highest BCUT2D eigenvalue weighted by Gasteiger charge is 2.35. The van der Waals surface area contributed by atoms with E-state index in [-0.39, 0.29) is 21.2 Å². The van der Waals surface area contributed by atoms with Crippen molar-refractivity contribution in [2.45, 2.75) is 22.8 Å². The topological polar surface area (TPSA) is 86.5 Å². The SMILES string of the molecule is Cc1ccc(S(=O)(=O)c2ccc(C(F)(F)Oc3ccc([N+](=O)[O-])cc3)cc2)cc1. The van der Waals surface area contributed by atoms with Crippen LogP contribution in [-0.2, 0) is 15.9 Å². The van der Waals surface area contributed by atoms with E-state index in [1.54, 1.807) is 12.1 Å². The minimum Gasteiger partial charge on any atom is -0.429 e. The van der Waals surface area contributed by atoms with Crippen LogP contribution in [-0.4, -0.2) is 13.3 Å². The van der Waals surface area contributed by atoms with Gasteiger partial charge in [-0.25, -0.2) is 8.42 Å². The Morgan fingerprint density at radius 2 is 1.34 bits per heavy atom. The molecule has 0 aliphatic carbocycles. The van der Waals surface area contributed by atoms with Crippen LogP contribution in [0.25, 0.3) is 0 Å². The molecule has 0 amide bonds. The summed E-state index contributed by atoms with van der Waals surface area (Å²) in [7, 11) is -3.84. The van der Waals surface area contributed by atoms with Crippen molar-refractivity contribution in [2.75, 3.05) is 0 Å². The first-order chi connectivity index (χ1) is 13.6. The Morgan fingerprint density at radius 3 is 1.83 bits per heavy atom. The molecule has 150 valence electrons. The summed E-state index contributed by atoms with van der Waals surface area (Å²) in [5.74, 6) is -0.267. The van der Waals surface area contributed by atoms with Crippen molar-refractivity contribution in [3.05, 3.63) is 94.0 Å². The number of rotatable bonds is 6. The van der Waals surface area contributed by atoms with Gasteiger partial charge in [0.2, 0.25) is 9.84 Å². The number of benzene rings is 3. The number of nitrogens with zero attached hydrogens (tertiary/aromatic N) is 1. The second kappa shape index (κ2) is 7.59. The molecule has 0 bridgehead atoms. The molecule has 0 fully saturated rings. The molecule has 0 spiro atoms. The lowest BCUT2D eigenvalue weighted by Gasteiger charge is -2.18. The molecule has 29 heavy (non-hydrogen) atoms. The molecule has 0 heterocycles. The first-order valence-electron chi connectivity index (χ1n) is 8.33.